The second-order valence-electron chi connectivity index (χ2n) is 3.98. The van der Waals surface area contributed by atoms with E-state index in [1.807, 2.05) is 13.8 Å². The summed E-state index contributed by atoms with van der Waals surface area (Å²) in [5.41, 5.74) is 9.14. The lowest BCUT2D eigenvalue weighted by Crippen LogP contribution is -2.19. The fraction of sp³-hybridized carbons (Fsp3) is 0.500. The molecular formula is C12H18BrNO2. The van der Waals surface area contributed by atoms with Crippen molar-refractivity contribution in [1.29, 1.82) is 0 Å². The van der Waals surface area contributed by atoms with Gasteiger partial charge in [-0.3, -0.25) is 0 Å². The Bertz CT molecular complexity index is 368. The molecule has 0 radical (unpaired) electrons. The van der Waals surface area contributed by atoms with Crippen LogP contribution in [0.15, 0.2) is 12.1 Å². The fourth-order valence-corrected chi connectivity index (χ4v) is 2.13. The summed E-state index contributed by atoms with van der Waals surface area (Å²) in [6.45, 7) is 3.82. The van der Waals surface area contributed by atoms with E-state index in [0.29, 0.717) is 17.4 Å². The first-order chi connectivity index (χ1) is 7.49. The predicted molar refractivity (Wildman–Crippen MR) is 69.7 cm³/mol. The quantitative estimate of drug-likeness (QED) is 0.587. The molecule has 3 nitrogen and oxygen atoms in total. The molecule has 1 aromatic rings. The molecule has 0 aromatic heterocycles. The lowest BCUT2D eigenvalue weighted by molar-refractivity contribution is 0.0170. The molecule has 1 aromatic carbocycles. The van der Waals surface area contributed by atoms with Crippen LogP contribution in [0.5, 0.6) is 0 Å². The Morgan fingerprint density at radius 1 is 1.25 bits per heavy atom. The molecule has 0 bridgehead atoms. The van der Waals surface area contributed by atoms with Crippen molar-refractivity contribution in [2.24, 2.45) is 0 Å². The largest absolute Gasteiger partial charge is 0.399 e. The maximum absolute atomic E-state index is 10.0. The predicted octanol–water partition coefficient (Wildman–Crippen LogP) is 2.06. The van der Waals surface area contributed by atoms with Gasteiger partial charge in [0, 0.05) is 11.0 Å². The maximum Gasteiger partial charge on any atom is 0.105 e. The van der Waals surface area contributed by atoms with Gasteiger partial charge in [0.05, 0.1) is 6.10 Å². The lowest BCUT2D eigenvalue weighted by atomic mass is 9.94. The van der Waals surface area contributed by atoms with E-state index >= 15 is 0 Å². The third kappa shape index (κ3) is 2.75. The van der Waals surface area contributed by atoms with Gasteiger partial charge in [0.25, 0.3) is 0 Å². The normalized spacial score (nSPS) is 14.8. The Hall–Kier alpha value is -0.580. The molecular weight excluding hydrogens is 270 g/mol. The molecule has 16 heavy (non-hydrogen) atoms. The molecule has 0 amide bonds. The van der Waals surface area contributed by atoms with Crippen LogP contribution in [-0.2, 0) is 0 Å². The second kappa shape index (κ2) is 5.66. The Kier molecular flexibility index (Phi) is 4.77. The fourth-order valence-electron chi connectivity index (χ4n) is 1.66. The van der Waals surface area contributed by atoms with Crippen LogP contribution < -0.4 is 5.73 Å². The van der Waals surface area contributed by atoms with E-state index in [-0.39, 0.29) is 0 Å². The minimum atomic E-state index is -0.850. The Morgan fingerprint density at radius 2 is 1.88 bits per heavy atom. The van der Waals surface area contributed by atoms with Crippen molar-refractivity contribution >= 4 is 21.6 Å². The molecule has 0 saturated heterocycles. The van der Waals surface area contributed by atoms with Gasteiger partial charge in [0.2, 0.25) is 0 Å². The maximum atomic E-state index is 10.0. The molecule has 2 atom stereocenters. The highest BCUT2D eigenvalue weighted by atomic mass is 79.9. The first kappa shape index (κ1) is 13.5. The summed E-state index contributed by atoms with van der Waals surface area (Å²) in [7, 11) is 0. The summed E-state index contributed by atoms with van der Waals surface area (Å²) in [5.74, 6) is 0. The van der Waals surface area contributed by atoms with E-state index < -0.39 is 12.2 Å². The molecule has 90 valence electrons. The van der Waals surface area contributed by atoms with Crippen molar-refractivity contribution in [3.63, 3.8) is 0 Å². The van der Waals surface area contributed by atoms with Crippen molar-refractivity contribution in [3.8, 4) is 0 Å². The molecule has 4 N–H and O–H groups in total. The van der Waals surface area contributed by atoms with Crippen molar-refractivity contribution in [3.05, 3.63) is 28.8 Å². The summed E-state index contributed by atoms with van der Waals surface area (Å²) in [6.07, 6.45) is -1.08. The van der Waals surface area contributed by atoms with E-state index in [9.17, 15) is 10.2 Å². The zero-order valence-electron chi connectivity index (χ0n) is 9.57. The molecule has 0 fully saturated rings. The van der Waals surface area contributed by atoms with Gasteiger partial charge >= 0.3 is 0 Å². The van der Waals surface area contributed by atoms with Crippen molar-refractivity contribution in [2.45, 2.75) is 32.5 Å². The number of hydrogen-bond acceptors (Lipinski definition) is 3. The minimum Gasteiger partial charge on any atom is -0.399 e. The molecule has 1 rings (SSSR count). The van der Waals surface area contributed by atoms with E-state index in [1.54, 1.807) is 12.1 Å². The summed E-state index contributed by atoms with van der Waals surface area (Å²) in [4.78, 5) is 0. The highest BCUT2D eigenvalue weighted by molar-refractivity contribution is 9.09. The summed E-state index contributed by atoms with van der Waals surface area (Å²) >= 11 is 3.24. The number of alkyl halides is 1. The number of halogens is 1. The van der Waals surface area contributed by atoms with Crippen LogP contribution in [0.1, 0.15) is 29.2 Å². The van der Waals surface area contributed by atoms with Gasteiger partial charge in [-0.25, -0.2) is 0 Å². The number of aliphatic hydroxyl groups excluding tert-OH is 2. The van der Waals surface area contributed by atoms with Crippen LogP contribution in [0, 0.1) is 13.8 Å². The van der Waals surface area contributed by atoms with Crippen LogP contribution in [0.3, 0.4) is 0 Å². The molecule has 0 aliphatic heterocycles. The molecule has 0 aliphatic rings. The SMILES string of the molecule is Cc1c(N)ccc(C(O)C(O)CCBr)c1C. The van der Waals surface area contributed by atoms with Gasteiger partial charge in [-0.05, 0) is 43.0 Å². The first-order valence-electron chi connectivity index (χ1n) is 5.26. The van der Waals surface area contributed by atoms with Gasteiger partial charge in [0.1, 0.15) is 6.10 Å². The third-order valence-electron chi connectivity index (χ3n) is 2.96. The van der Waals surface area contributed by atoms with Crippen molar-refractivity contribution in [1.82, 2.24) is 0 Å². The van der Waals surface area contributed by atoms with Gasteiger partial charge in [-0.1, -0.05) is 22.0 Å². The highest BCUT2D eigenvalue weighted by Gasteiger charge is 2.20. The minimum absolute atomic E-state index is 0.518. The number of aliphatic hydroxyl groups is 2. The monoisotopic (exact) mass is 287 g/mol. The van der Waals surface area contributed by atoms with Crippen molar-refractivity contribution in [2.75, 3.05) is 11.1 Å². The third-order valence-corrected chi connectivity index (χ3v) is 3.42. The zero-order valence-corrected chi connectivity index (χ0v) is 11.2. The van der Waals surface area contributed by atoms with Gasteiger partial charge in [0.15, 0.2) is 0 Å². The van der Waals surface area contributed by atoms with Gasteiger partial charge < -0.3 is 15.9 Å². The summed E-state index contributed by atoms with van der Waals surface area (Å²) in [6, 6.07) is 3.54. The van der Waals surface area contributed by atoms with E-state index in [1.165, 1.54) is 0 Å². The smallest absolute Gasteiger partial charge is 0.105 e. The number of anilines is 1. The molecule has 0 saturated carbocycles. The first-order valence-corrected chi connectivity index (χ1v) is 6.38. The van der Waals surface area contributed by atoms with E-state index in [4.69, 9.17) is 5.73 Å². The number of hydrogen-bond donors (Lipinski definition) is 3. The summed E-state index contributed by atoms with van der Waals surface area (Å²) in [5, 5.41) is 20.4. The number of nitrogens with two attached hydrogens (primary N) is 1. The standard InChI is InChI=1S/C12H18BrNO2/c1-7-8(2)10(14)4-3-9(7)12(16)11(15)5-6-13/h3-4,11-12,15-16H,5-6,14H2,1-2H3. The van der Waals surface area contributed by atoms with E-state index in [0.717, 1.165) is 16.7 Å². The number of nitrogen functional groups attached to an aromatic ring is 1. The van der Waals surface area contributed by atoms with Gasteiger partial charge in [-0.2, -0.15) is 0 Å². The van der Waals surface area contributed by atoms with Crippen LogP contribution in [-0.4, -0.2) is 21.6 Å². The average Bonchev–Trinajstić information content (AvgIpc) is 2.26. The lowest BCUT2D eigenvalue weighted by Gasteiger charge is -2.20. The van der Waals surface area contributed by atoms with Crippen LogP contribution in [0.4, 0.5) is 5.69 Å². The van der Waals surface area contributed by atoms with Crippen LogP contribution in [0.25, 0.3) is 0 Å². The molecule has 0 spiro atoms. The molecule has 4 heteroatoms. The molecule has 0 aliphatic carbocycles. The number of rotatable bonds is 4. The molecule has 0 heterocycles. The van der Waals surface area contributed by atoms with Crippen LogP contribution >= 0.6 is 15.9 Å². The second-order valence-corrected chi connectivity index (χ2v) is 4.78. The number of benzene rings is 1. The van der Waals surface area contributed by atoms with Crippen molar-refractivity contribution < 1.29 is 10.2 Å². The average molecular weight is 288 g/mol. The Labute approximate surface area is 104 Å². The van der Waals surface area contributed by atoms with Gasteiger partial charge in [-0.15, -0.1) is 0 Å². The van der Waals surface area contributed by atoms with Crippen LogP contribution in [0.2, 0.25) is 0 Å². The zero-order chi connectivity index (χ0) is 12.3. The molecule has 2 unspecified atom stereocenters. The summed E-state index contributed by atoms with van der Waals surface area (Å²) < 4.78 is 0. The Morgan fingerprint density at radius 3 is 2.44 bits per heavy atom. The highest BCUT2D eigenvalue weighted by Crippen LogP contribution is 2.27. The Balaban J connectivity index is 3.00. The van der Waals surface area contributed by atoms with E-state index in [2.05, 4.69) is 15.9 Å². The topological polar surface area (TPSA) is 66.5 Å².